The maximum Gasteiger partial charge on any atom is 0.258 e. The molecule has 1 saturated heterocycles. The van der Waals surface area contributed by atoms with E-state index in [4.69, 9.17) is 11.6 Å². The molecule has 18 heavy (non-hydrogen) atoms. The van der Waals surface area contributed by atoms with Crippen LogP contribution >= 0.6 is 11.6 Å². The average molecular weight is 271 g/mol. The van der Waals surface area contributed by atoms with Crippen LogP contribution in [0.4, 0.5) is 4.39 Å². The van der Waals surface area contributed by atoms with E-state index in [0.717, 1.165) is 0 Å². The fourth-order valence-corrected chi connectivity index (χ4v) is 2.44. The molecule has 0 unspecified atom stereocenters. The second-order valence-corrected chi connectivity index (χ2v) is 5.45. The van der Waals surface area contributed by atoms with Crippen LogP contribution in [-0.4, -0.2) is 36.0 Å². The highest BCUT2D eigenvalue weighted by Crippen LogP contribution is 2.25. The standard InChI is InChI=1S/C13H16ClFN2O/c1-13(2)8-16-6-7-17(13)12(18)11-9(14)4-3-5-10(11)15/h3-5,16H,6-8H2,1-2H3. The number of amides is 1. The van der Waals surface area contributed by atoms with Crippen LogP contribution in [-0.2, 0) is 0 Å². The van der Waals surface area contributed by atoms with Crippen molar-refractivity contribution in [3.63, 3.8) is 0 Å². The molecule has 1 amide bonds. The predicted molar refractivity (Wildman–Crippen MR) is 69.4 cm³/mol. The number of hydrogen-bond acceptors (Lipinski definition) is 2. The summed E-state index contributed by atoms with van der Waals surface area (Å²) in [5.74, 6) is -0.911. The SMILES string of the molecule is CC1(C)CNCCN1C(=O)c1c(F)cccc1Cl. The lowest BCUT2D eigenvalue weighted by Gasteiger charge is -2.43. The molecule has 0 spiro atoms. The first kappa shape index (κ1) is 13.3. The smallest absolute Gasteiger partial charge is 0.258 e. The highest BCUT2D eigenvalue weighted by Gasteiger charge is 2.35. The van der Waals surface area contributed by atoms with E-state index >= 15 is 0 Å². The van der Waals surface area contributed by atoms with Crippen LogP contribution in [0.1, 0.15) is 24.2 Å². The molecular weight excluding hydrogens is 255 g/mol. The average Bonchev–Trinajstić information content (AvgIpc) is 2.27. The Hall–Kier alpha value is -1.13. The number of rotatable bonds is 1. The van der Waals surface area contributed by atoms with Gasteiger partial charge >= 0.3 is 0 Å². The maximum absolute atomic E-state index is 13.8. The minimum atomic E-state index is -0.568. The van der Waals surface area contributed by atoms with Crippen LogP contribution in [0.5, 0.6) is 0 Å². The summed E-state index contributed by atoms with van der Waals surface area (Å²) in [5.41, 5.74) is -0.379. The van der Waals surface area contributed by atoms with Crippen molar-refractivity contribution in [1.29, 1.82) is 0 Å². The first-order valence-corrected chi connectivity index (χ1v) is 6.28. The minimum absolute atomic E-state index is 0.0332. The van der Waals surface area contributed by atoms with E-state index in [9.17, 15) is 9.18 Å². The molecule has 0 aliphatic carbocycles. The lowest BCUT2D eigenvalue weighted by Crippen LogP contribution is -2.60. The zero-order valence-electron chi connectivity index (χ0n) is 10.5. The fraction of sp³-hybridized carbons (Fsp3) is 0.462. The Morgan fingerprint density at radius 1 is 1.50 bits per heavy atom. The third kappa shape index (κ3) is 2.35. The van der Waals surface area contributed by atoms with Crippen molar-refractivity contribution in [1.82, 2.24) is 10.2 Å². The van der Waals surface area contributed by atoms with Gasteiger partial charge in [0.05, 0.1) is 16.1 Å². The van der Waals surface area contributed by atoms with E-state index in [1.54, 1.807) is 4.90 Å². The van der Waals surface area contributed by atoms with Crippen molar-refractivity contribution in [3.05, 3.63) is 34.6 Å². The summed E-state index contributed by atoms with van der Waals surface area (Å²) in [7, 11) is 0. The third-order valence-corrected chi connectivity index (χ3v) is 3.54. The third-order valence-electron chi connectivity index (χ3n) is 3.22. The molecule has 1 aliphatic rings. The van der Waals surface area contributed by atoms with Crippen LogP contribution in [0.3, 0.4) is 0 Å². The molecule has 3 nitrogen and oxygen atoms in total. The normalized spacial score (nSPS) is 18.8. The molecule has 1 fully saturated rings. The molecule has 1 N–H and O–H groups in total. The maximum atomic E-state index is 13.8. The number of piperazine rings is 1. The molecule has 1 aromatic rings. The van der Waals surface area contributed by atoms with Gasteiger partial charge in [-0.15, -0.1) is 0 Å². The summed E-state index contributed by atoms with van der Waals surface area (Å²) >= 11 is 5.93. The van der Waals surface area contributed by atoms with Gasteiger partial charge in [0.25, 0.3) is 5.91 Å². The largest absolute Gasteiger partial charge is 0.331 e. The Morgan fingerprint density at radius 3 is 2.83 bits per heavy atom. The first-order valence-electron chi connectivity index (χ1n) is 5.90. The first-order chi connectivity index (χ1) is 8.43. The van der Waals surface area contributed by atoms with Crippen LogP contribution in [0.2, 0.25) is 5.02 Å². The quantitative estimate of drug-likeness (QED) is 0.849. The fourth-order valence-electron chi connectivity index (χ4n) is 2.20. The van der Waals surface area contributed by atoms with Gasteiger partial charge in [-0.2, -0.15) is 0 Å². The van der Waals surface area contributed by atoms with Crippen molar-refractivity contribution >= 4 is 17.5 Å². The predicted octanol–water partition coefficient (Wildman–Crippen LogP) is 2.30. The Bertz CT molecular complexity index is 456. The van der Waals surface area contributed by atoms with Crippen molar-refractivity contribution in [2.24, 2.45) is 0 Å². The molecule has 0 bridgehead atoms. The molecule has 5 heteroatoms. The van der Waals surface area contributed by atoms with Gasteiger partial charge in [-0.25, -0.2) is 4.39 Å². The van der Waals surface area contributed by atoms with Crippen LogP contribution in [0.15, 0.2) is 18.2 Å². The zero-order chi connectivity index (χ0) is 13.3. The van der Waals surface area contributed by atoms with E-state index in [1.165, 1.54) is 18.2 Å². The molecule has 0 aromatic heterocycles. The molecule has 0 atom stereocenters. The van der Waals surface area contributed by atoms with E-state index in [-0.39, 0.29) is 22.0 Å². The molecule has 0 saturated carbocycles. The van der Waals surface area contributed by atoms with Gasteiger partial charge in [0, 0.05) is 19.6 Å². The molecule has 98 valence electrons. The number of nitrogens with one attached hydrogen (secondary N) is 1. The second kappa shape index (κ2) is 4.86. The Morgan fingerprint density at radius 2 is 2.22 bits per heavy atom. The van der Waals surface area contributed by atoms with Crippen molar-refractivity contribution in [2.45, 2.75) is 19.4 Å². The summed E-state index contributed by atoms with van der Waals surface area (Å²) in [6, 6.07) is 4.29. The second-order valence-electron chi connectivity index (χ2n) is 5.04. The van der Waals surface area contributed by atoms with E-state index in [1.807, 2.05) is 13.8 Å². The van der Waals surface area contributed by atoms with Gasteiger partial charge in [-0.05, 0) is 26.0 Å². The van der Waals surface area contributed by atoms with Gasteiger partial charge in [0.1, 0.15) is 5.82 Å². The van der Waals surface area contributed by atoms with Crippen LogP contribution in [0.25, 0.3) is 0 Å². The Balaban J connectivity index is 2.36. The van der Waals surface area contributed by atoms with Crippen molar-refractivity contribution < 1.29 is 9.18 Å². The van der Waals surface area contributed by atoms with Crippen molar-refractivity contribution in [2.75, 3.05) is 19.6 Å². The lowest BCUT2D eigenvalue weighted by molar-refractivity contribution is 0.0473. The summed E-state index contributed by atoms with van der Waals surface area (Å²) in [4.78, 5) is 14.1. The van der Waals surface area contributed by atoms with E-state index in [2.05, 4.69) is 5.32 Å². The summed E-state index contributed by atoms with van der Waals surface area (Å²) < 4.78 is 13.8. The van der Waals surface area contributed by atoms with Gasteiger partial charge in [0.15, 0.2) is 0 Å². The van der Waals surface area contributed by atoms with Gasteiger partial charge in [-0.1, -0.05) is 17.7 Å². The number of benzene rings is 1. The summed E-state index contributed by atoms with van der Waals surface area (Å²) in [5, 5.41) is 3.38. The molecule has 0 radical (unpaired) electrons. The molecule has 1 heterocycles. The highest BCUT2D eigenvalue weighted by molar-refractivity contribution is 6.33. The summed E-state index contributed by atoms with van der Waals surface area (Å²) in [6.07, 6.45) is 0. The van der Waals surface area contributed by atoms with Gasteiger partial charge < -0.3 is 10.2 Å². The number of hydrogen-bond donors (Lipinski definition) is 1. The Labute approximate surface area is 111 Å². The Kier molecular flexibility index (Phi) is 3.59. The van der Waals surface area contributed by atoms with Gasteiger partial charge in [-0.3, -0.25) is 4.79 Å². The molecule has 1 aliphatic heterocycles. The molecule has 1 aromatic carbocycles. The topological polar surface area (TPSA) is 32.3 Å². The van der Waals surface area contributed by atoms with Crippen LogP contribution < -0.4 is 5.32 Å². The lowest BCUT2D eigenvalue weighted by atomic mass is 9.98. The number of carbonyl (C=O) groups is 1. The number of halogens is 2. The van der Waals surface area contributed by atoms with E-state index < -0.39 is 5.82 Å². The van der Waals surface area contributed by atoms with Crippen LogP contribution in [0, 0.1) is 5.82 Å². The summed E-state index contributed by atoms with van der Waals surface area (Å²) in [6.45, 7) is 5.85. The molecule has 2 rings (SSSR count). The van der Waals surface area contributed by atoms with Gasteiger partial charge in [0.2, 0.25) is 0 Å². The minimum Gasteiger partial charge on any atom is -0.331 e. The van der Waals surface area contributed by atoms with Crippen molar-refractivity contribution in [3.8, 4) is 0 Å². The zero-order valence-corrected chi connectivity index (χ0v) is 11.2. The van der Waals surface area contributed by atoms with E-state index in [0.29, 0.717) is 19.6 Å². The monoisotopic (exact) mass is 270 g/mol. The molecular formula is C13H16ClFN2O. The highest BCUT2D eigenvalue weighted by atomic mass is 35.5. The number of nitrogens with zero attached hydrogens (tertiary/aromatic N) is 1. The number of carbonyl (C=O) groups excluding carboxylic acids is 1.